The third kappa shape index (κ3) is 2.57. The molecule has 3 rings (SSSR count). The van der Waals surface area contributed by atoms with Gasteiger partial charge in [0.25, 0.3) is 5.69 Å². The molecule has 0 bridgehead atoms. The SMILES string of the molecule is NC1(c2noc(CNc3ccccc3[N+](=O)[O-])n2)CCC1. The van der Waals surface area contributed by atoms with Gasteiger partial charge in [-0.25, -0.2) is 0 Å². The van der Waals surface area contributed by atoms with Gasteiger partial charge in [0.15, 0.2) is 5.82 Å². The number of nitro groups is 1. The van der Waals surface area contributed by atoms with Crippen molar-refractivity contribution in [2.75, 3.05) is 5.32 Å². The Morgan fingerprint density at radius 2 is 2.19 bits per heavy atom. The van der Waals surface area contributed by atoms with E-state index in [1.165, 1.54) is 6.07 Å². The first-order valence-corrected chi connectivity index (χ1v) is 6.68. The highest BCUT2D eigenvalue weighted by atomic mass is 16.6. The summed E-state index contributed by atoms with van der Waals surface area (Å²) in [6.45, 7) is 0.216. The highest BCUT2D eigenvalue weighted by Crippen LogP contribution is 2.36. The van der Waals surface area contributed by atoms with E-state index in [2.05, 4.69) is 15.5 Å². The highest BCUT2D eigenvalue weighted by molar-refractivity contribution is 5.60. The summed E-state index contributed by atoms with van der Waals surface area (Å²) >= 11 is 0. The van der Waals surface area contributed by atoms with Crippen molar-refractivity contribution in [2.24, 2.45) is 5.73 Å². The number of anilines is 1. The quantitative estimate of drug-likeness (QED) is 0.637. The maximum atomic E-state index is 10.9. The number of para-hydroxylation sites is 2. The lowest BCUT2D eigenvalue weighted by atomic mass is 9.77. The van der Waals surface area contributed by atoms with Gasteiger partial charge in [0, 0.05) is 6.07 Å². The van der Waals surface area contributed by atoms with Crippen molar-refractivity contribution >= 4 is 11.4 Å². The van der Waals surface area contributed by atoms with E-state index in [0.29, 0.717) is 17.4 Å². The molecule has 21 heavy (non-hydrogen) atoms. The van der Waals surface area contributed by atoms with Crippen LogP contribution in [0.15, 0.2) is 28.8 Å². The molecule has 0 radical (unpaired) electrons. The van der Waals surface area contributed by atoms with E-state index in [0.717, 1.165) is 19.3 Å². The molecule has 110 valence electrons. The summed E-state index contributed by atoms with van der Waals surface area (Å²) in [5.41, 5.74) is 6.06. The molecule has 1 aliphatic carbocycles. The van der Waals surface area contributed by atoms with Crippen molar-refractivity contribution < 1.29 is 9.45 Å². The van der Waals surface area contributed by atoms with Crippen LogP contribution in [-0.2, 0) is 12.1 Å². The summed E-state index contributed by atoms with van der Waals surface area (Å²) in [5.74, 6) is 0.869. The van der Waals surface area contributed by atoms with Gasteiger partial charge in [0.05, 0.1) is 17.0 Å². The fraction of sp³-hybridized carbons (Fsp3) is 0.385. The van der Waals surface area contributed by atoms with Gasteiger partial charge < -0.3 is 15.6 Å². The molecule has 2 aromatic rings. The van der Waals surface area contributed by atoms with Gasteiger partial charge >= 0.3 is 0 Å². The van der Waals surface area contributed by atoms with Crippen LogP contribution in [0.4, 0.5) is 11.4 Å². The van der Waals surface area contributed by atoms with Crippen molar-refractivity contribution in [3.63, 3.8) is 0 Å². The van der Waals surface area contributed by atoms with Crippen LogP contribution in [0.2, 0.25) is 0 Å². The van der Waals surface area contributed by atoms with E-state index in [-0.39, 0.29) is 12.2 Å². The van der Waals surface area contributed by atoms with Gasteiger partial charge in [-0.2, -0.15) is 4.98 Å². The topological polar surface area (TPSA) is 120 Å². The summed E-state index contributed by atoms with van der Waals surface area (Å²) in [4.78, 5) is 14.7. The molecule has 8 nitrogen and oxygen atoms in total. The van der Waals surface area contributed by atoms with Crippen molar-refractivity contribution in [1.29, 1.82) is 0 Å². The molecule has 1 saturated carbocycles. The zero-order chi connectivity index (χ0) is 14.9. The minimum absolute atomic E-state index is 0.00604. The standard InChI is InChI=1S/C13H15N5O3/c14-13(6-3-7-13)12-16-11(21-17-12)8-15-9-4-1-2-5-10(9)18(19)20/h1-2,4-5,15H,3,6-8,14H2. The number of aromatic nitrogens is 2. The van der Waals surface area contributed by atoms with Gasteiger partial charge in [-0.05, 0) is 25.3 Å². The van der Waals surface area contributed by atoms with Crippen LogP contribution in [0.25, 0.3) is 0 Å². The predicted octanol–water partition coefficient (Wildman–Crippen LogP) is 1.93. The van der Waals surface area contributed by atoms with E-state index >= 15 is 0 Å². The van der Waals surface area contributed by atoms with Crippen molar-refractivity contribution in [1.82, 2.24) is 10.1 Å². The Morgan fingerprint density at radius 1 is 1.43 bits per heavy atom. The number of hydrogen-bond acceptors (Lipinski definition) is 7. The Labute approximate surface area is 120 Å². The summed E-state index contributed by atoms with van der Waals surface area (Å²) in [6, 6.07) is 6.40. The number of nitrogens with one attached hydrogen (secondary N) is 1. The first kappa shape index (κ1) is 13.5. The van der Waals surface area contributed by atoms with E-state index in [1.807, 2.05) is 0 Å². The molecular weight excluding hydrogens is 274 g/mol. The van der Waals surface area contributed by atoms with Crippen LogP contribution in [0.5, 0.6) is 0 Å². The largest absolute Gasteiger partial charge is 0.371 e. The number of nitro benzene ring substituents is 1. The molecule has 1 aliphatic rings. The van der Waals surface area contributed by atoms with Gasteiger partial charge in [-0.15, -0.1) is 0 Å². The van der Waals surface area contributed by atoms with E-state index < -0.39 is 10.5 Å². The van der Waals surface area contributed by atoms with E-state index in [9.17, 15) is 10.1 Å². The smallest absolute Gasteiger partial charge is 0.292 e. The van der Waals surface area contributed by atoms with Crippen LogP contribution in [0.3, 0.4) is 0 Å². The molecule has 8 heteroatoms. The molecule has 3 N–H and O–H groups in total. The lowest BCUT2D eigenvalue weighted by Gasteiger charge is -2.34. The monoisotopic (exact) mass is 289 g/mol. The van der Waals surface area contributed by atoms with Gasteiger partial charge in [0.2, 0.25) is 5.89 Å². The second-order valence-electron chi connectivity index (χ2n) is 5.15. The molecule has 0 amide bonds. The zero-order valence-electron chi connectivity index (χ0n) is 11.3. The van der Waals surface area contributed by atoms with Crippen LogP contribution >= 0.6 is 0 Å². The Morgan fingerprint density at radius 3 is 2.86 bits per heavy atom. The number of rotatable bonds is 5. The highest BCUT2D eigenvalue weighted by Gasteiger charge is 2.38. The molecule has 0 spiro atoms. The average Bonchev–Trinajstić information content (AvgIpc) is 2.92. The third-order valence-corrected chi connectivity index (χ3v) is 3.69. The number of nitrogens with zero attached hydrogens (tertiary/aromatic N) is 3. The average molecular weight is 289 g/mol. The van der Waals surface area contributed by atoms with Crippen LogP contribution < -0.4 is 11.1 Å². The zero-order valence-corrected chi connectivity index (χ0v) is 11.3. The van der Waals surface area contributed by atoms with E-state index in [4.69, 9.17) is 10.3 Å². The Hall–Kier alpha value is -2.48. The second-order valence-corrected chi connectivity index (χ2v) is 5.15. The van der Waals surface area contributed by atoms with E-state index in [1.54, 1.807) is 18.2 Å². The second kappa shape index (κ2) is 5.13. The fourth-order valence-corrected chi connectivity index (χ4v) is 2.26. The van der Waals surface area contributed by atoms with Crippen LogP contribution in [0.1, 0.15) is 31.0 Å². The molecule has 0 saturated heterocycles. The molecule has 0 unspecified atom stereocenters. The van der Waals surface area contributed by atoms with Gasteiger partial charge in [-0.1, -0.05) is 17.3 Å². The summed E-state index contributed by atoms with van der Waals surface area (Å²) in [7, 11) is 0. The third-order valence-electron chi connectivity index (χ3n) is 3.69. The van der Waals surface area contributed by atoms with Crippen LogP contribution in [0, 0.1) is 10.1 Å². The summed E-state index contributed by atoms with van der Waals surface area (Å²) in [6.07, 6.45) is 2.77. The summed E-state index contributed by atoms with van der Waals surface area (Å²) < 4.78 is 5.14. The molecule has 0 atom stereocenters. The first-order valence-electron chi connectivity index (χ1n) is 6.68. The molecule has 1 aromatic heterocycles. The van der Waals surface area contributed by atoms with Crippen molar-refractivity contribution in [2.45, 2.75) is 31.3 Å². The first-order chi connectivity index (χ1) is 10.1. The Bertz CT molecular complexity index is 665. The minimum atomic E-state index is -0.472. The number of hydrogen-bond donors (Lipinski definition) is 2. The van der Waals surface area contributed by atoms with Gasteiger partial charge in [0.1, 0.15) is 5.69 Å². The maximum Gasteiger partial charge on any atom is 0.292 e. The Kier molecular flexibility index (Phi) is 3.30. The maximum absolute atomic E-state index is 10.9. The van der Waals surface area contributed by atoms with Crippen LogP contribution in [-0.4, -0.2) is 15.1 Å². The lowest BCUT2D eigenvalue weighted by molar-refractivity contribution is -0.384. The fourth-order valence-electron chi connectivity index (χ4n) is 2.26. The minimum Gasteiger partial charge on any atom is -0.371 e. The molecule has 1 heterocycles. The summed E-state index contributed by atoms with van der Waals surface area (Å²) in [5, 5.41) is 17.7. The lowest BCUT2D eigenvalue weighted by Crippen LogP contribution is -2.44. The van der Waals surface area contributed by atoms with Crippen molar-refractivity contribution in [3.8, 4) is 0 Å². The molecule has 0 aliphatic heterocycles. The molecular formula is C13H15N5O3. The predicted molar refractivity (Wildman–Crippen MR) is 74.4 cm³/mol. The van der Waals surface area contributed by atoms with Gasteiger partial charge in [-0.3, -0.25) is 10.1 Å². The Balaban J connectivity index is 1.70. The molecule has 1 aromatic carbocycles. The number of benzene rings is 1. The van der Waals surface area contributed by atoms with Crippen molar-refractivity contribution in [3.05, 3.63) is 46.1 Å². The number of nitrogens with two attached hydrogens (primary N) is 1. The molecule has 1 fully saturated rings. The normalized spacial score (nSPS) is 16.2.